The third kappa shape index (κ3) is 5.05. The Morgan fingerprint density at radius 2 is 1.89 bits per heavy atom. The summed E-state index contributed by atoms with van der Waals surface area (Å²) in [6.45, 7) is 0.901. The van der Waals surface area contributed by atoms with Gasteiger partial charge in [0.25, 0.3) is 0 Å². The number of hydrogen-bond acceptors (Lipinski definition) is 8. The number of ketones is 2. The number of hydrogen-bond donors (Lipinski definition) is 0. The molecule has 9 heteroatoms. The normalized spacial score (nSPS) is 21.2. The van der Waals surface area contributed by atoms with Crippen LogP contribution in [0.4, 0.5) is 0 Å². The second-order valence-corrected chi connectivity index (χ2v) is 6.79. The van der Waals surface area contributed by atoms with Crippen molar-refractivity contribution in [3.63, 3.8) is 0 Å². The van der Waals surface area contributed by atoms with E-state index in [0.717, 1.165) is 0 Å². The minimum Gasteiger partial charge on any atom is -0.493 e. The SMILES string of the molecule is COc1ccc(C(=O)COC(=O)C[C@@H]2C(=O)C[C@@H](C)[C@H]2C[N+](=O)[O-])cc1OC. The van der Waals surface area contributed by atoms with Gasteiger partial charge in [-0.15, -0.1) is 0 Å². The predicted molar refractivity (Wildman–Crippen MR) is 97.1 cm³/mol. The zero-order valence-electron chi connectivity index (χ0n) is 16.0. The molecule has 0 heterocycles. The number of ether oxygens (including phenoxy) is 3. The molecule has 0 unspecified atom stereocenters. The number of nitrogens with zero attached hydrogens (tertiary/aromatic N) is 1. The lowest BCUT2D eigenvalue weighted by atomic mass is 9.88. The van der Waals surface area contributed by atoms with Gasteiger partial charge >= 0.3 is 5.97 Å². The third-order valence-electron chi connectivity index (χ3n) is 5.00. The van der Waals surface area contributed by atoms with Crippen LogP contribution in [0.1, 0.15) is 30.1 Å². The van der Waals surface area contributed by atoms with E-state index in [1.54, 1.807) is 13.0 Å². The van der Waals surface area contributed by atoms with Crippen LogP contribution >= 0.6 is 0 Å². The van der Waals surface area contributed by atoms with Crippen molar-refractivity contribution in [1.29, 1.82) is 0 Å². The van der Waals surface area contributed by atoms with Gasteiger partial charge in [0, 0.05) is 28.7 Å². The average molecular weight is 393 g/mol. The molecule has 1 aliphatic rings. The minimum absolute atomic E-state index is 0.163. The lowest BCUT2D eigenvalue weighted by molar-refractivity contribution is -0.490. The summed E-state index contributed by atoms with van der Waals surface area (Å²) in [4.78, 5) is 46.8. The van der Waals surface area contributed by atoms with Crippen LogP contribution in [0.2, 0.25) is 0 Å². The first kappa shape index (κ1) is 21.3. The van der Waals surface area contributed by atoms with Gasteiger partial charge in [0.15, 0.2) is 23.9 Å². The molecule has 0 N–H and O–H groups in total. The molecular formula is C19H23NO8. The van der Waals surface area contributed by atoms with Crippen LogP contribution in [-0.2, 0) is 14.3 Å². The molecule has 9 nitrogen and oxygen atoms in total. The van der Waals surface area contributed by atoms with Gasteiger partial charge in [-0.05, 0) is 24.1 Å². The van der Waals surface area contributed by atoms with E-state index in [1.165, 1.54) is 26.4 Å². The number of benzene rings is 1. The van der Waals surface area contributed by atoms with Crippen molar-refractivity contribution in [2.45, 2.75) is 19.8 Å². The van der Waals surface area contributed by atoms with Crippen molar-refractivity contribution < 1.29 is 33.5 Å². The lowest BCUT2D eigenvalue weighted by Crippen LogP contribution is -2.28. The summed E-state index contributed by atoms with van der Waals surface area (Å²) in [5.41, 5.74) is 0.280. The van der Waals surface area contributed by atoms with Crippen LogP contribution in [0.25, 0.3) is 0 Å². The van der Waals surface area contributed by atoms with E-state index in [0.29, 0.717) is 11.5 Å². The highest BCUT2D eigenvalue weighted by Gasteiger charge is 2.44. The molecule has 0 bridgehead atoms. The molecule has 1 aliphatic carbocycles. The maximum absolute atomic E-state index is 12.3. The van der Waals surface area contributed by atoms with Crippen LogP contribution in [-0.4, -0.2) is 49.8 Å². The number of carbonyl (C=O) groups excluding carboxylic acids is 3. The van der Waals surface area contributed by atoms with Gasteiger partial charge in [-0.25, -0.2) is 0 Å². The number of esters is 1. The molecule has 3 atom stereocenters. The van der Waals surface area contributed by atoms with E-state index in [-0.39, 0.29) is 36.7 Å². The molecule has 0 saturated heterocycles. The van der Waals surface area contributed by atoms with E-state index in [2.05, 4.69) is 0 Å². The summed E-state index contributed by atoms with van der Waals surface area (Å²) in [5, 5.41) is 10.8. The van der Waals surface area contributed by atoms with Gasteiger partial charge in [0.1, 0.15) is 5.78 Å². The van der Waals surface area contributed by atoms with Gasteiger partial charge in [-0.3, -0.25) is 24.5 Å². The molecule has 0 radical (unpaired) electrons. The van der Waals surface area contributed by atoms with Crippen LogP contribution in [0.3, 0.4) is 0 Å². The highest BCUT2D eigenvalue weighted by Crippen LogP contribution is 2.36. The number of methoxy groups -OCH3 is 2. The summed E-state index contributed by atoms with van der Waals surface area (Å²) < 4.78 is 15.2. The van der Waals surface area contributed by atoms with E-state index in [9.17, 15) is 24.5 Å². The standard InChI is InChI=1S/C19H23NO8/c1-11-6-15(21)13(14(11)9-20(24)25)8-19(23)28-10-16(22)12-4-5-17(26-2)18(7-12)27-3/h4-5,7,11,13-14H,6,8-10H2,1-3H3/t11-,13+,14-/m1/s1. The smallest absolute Gasteiger partial charge is 0.306 e. The lowest BCUT2D eigenvalue weighted by Gasteiger charge is -2.17. The Morgan fingerprint density at radius 1 is 1.21 bits per heavy atom. The Kier molecular flexibility index (Phi) is 7.08. The summed E-state index contributed by atoms with van der Waals surface area (Å²) >= 11 is 0. The van der Waals surface area contributed by atoms with Crippen molar-refractivity contribution in [3.8, 4) is 11.5 Å². The van der Waals surface area contributed by atoms with Crippen LogP contribution in [0.15, 0.2) is 18.2 Å². The fourth-order valence-electron chi connectivity index (χ4n) is 3.48. The van der Waals surface area contributed by atoms with Gasteiger partial charge < -0.3 is 14.2 Å². The predicted octanol–water partition coefficient (Wildman–Crippen LogP) is 1.94. The van der Waals surface area contributed by atoms with E-state index in [1.807, 2.05) is 0 Å². The molecule has 152 valence electrons. The fraction of sp³-hybridized carbons (Fsp3) is 0.526. The van der Waals surface area contributed by atoms with E-state index in [4.69, 9.17) is 14.2 Å². The van der Waals surface area contributed by atoms with E-state index >= 15 is 0 Å². The highest BCUT2D eigenvalue weighted by atomic mass is 16.6. The van der Waals surface area contributed by atoms with Gasteiger partial charge in [0.2, 0.25) is 6.54 Å². The first-order chi connectivity index (χ1) is 13.3. The summed E-state index contributed by atoms with van der Waals surface area (Å²) in [6, 6.07) is 4.56. The zero-order chi connectivity index (χ0) is 20.8. The second kappa shape index (κ2) is 9.29. The van der Waals surface area contributed by atoms with E-state index < -0.39 is 35.1 Å². The molecule has 1 fully saturated rings. The van der Waals surface area contributed by atoms with Gasteiger partial charge in [-0.2, -0.15) is 0 Å². The number of nitro groups is 1. The molecule has 0 aliphatic heterocycles. The Balaban J connectivity index is 1.95. The number of rotatable bonds is 9. The van der Waals surface area contributed by atoms with Crippen molar-refractivity contribution >= 4 is 17.5 Å². The van der Waals surface area contributed by atoms with Crippen molar-refractivity contribution in [2.75, 3.05) is 27.4 Å². The summed E-state index contributed by atoms with van der Waals surface area (Å²) in [7, 11) is 2.91. The third-order valence-corrected chi connectivity index (χ3v) is 5.00. The molecule has 1 aromatic rings. The Morgan fingerprint density at radius 3 is 2.50 bits per heavy atom. The Hall–Kier alpha value is -2.97. The quantitative estimate of drug-likeness (QED) is 0.270. The summed E-state index contributed by atoms with van der Waals surface area (Å²) in [6.07, 6.45) is -0.0537. The molecule has 0 aromatic heterocycles. The molecular weight excluding hydrogens is 370 g/mol. The number of carbonyl (C=O) groups is 3. The maximum atomic E-state index is 12.3. The molecule has 0 spiro atoms. The topological polar surface area (TPSA) is 122 Å². The van der Waals surface area contributed by atoms with Gasteiger partial charge in [-0.1, -0.05) is 6.92 Å². The zero-order valence-corrected chi connectivity index (χ0v) is 16.0. The van der Waals surface area contributed by atoms with Crippen molar-refractivity contribution in [2.24, 2.45) is 17.8 Å². The van der Waals surface area contributed by atoms with Crippen LogP contribution in [0.5, 0.6) is 11.5 Å². The molecule has 2 rings (SSSR count). The first-order valence-corrected chi connectivity index (χ1v) is 8.82. The average Bonchev–Trinajstić information content (AvgIpc) is 2.91. The van der Waals surface area contributed by atoms with Crippen LogP contribution < -0.4 is 9.47 Å². The number of Topliss-reactive ketones (excluding diaryl/α,β-unsaturated/α-hetero) is 2. The van der Waals surface area contributed by atoms with Crippen LogP contribution in [0, 0.1) is 27.9 Å². The summed E-state index contributed by atoms with van der Waals surface area (Å²) in [5.74, 6) is -1.93. The monoisotopic (exact) mass is 393 g/mol. The maximum Gasteiger partial charge on any atom is 0.306 e. The molecule has 0 amide bonds. The fourth-order valence-corrected chi connectivity index (χ4v) is 3.48. The van der Waals surface area contributed by atoms with Crippen molar-refractivity contribution in [3.05, 3.63) is 33.9 Å². The minimum atomic E-state index is -0.746. The Labute approximate surface area is 162 Å². The largest absolute Gasteiger partial charge is 0.493 e. The van der Waals surface area contributed by atoms with Crippen molar-refractivity contribution in [1.82, 2.24) is 0 Å². The Bertz CT molecular complexity index is 775. The molecule has 1 saturated carbocycles. The van der Waals surface area contributed by atoms with Gasteiger partial charge in [0.05, 0.1) is 20.6 Å². The second-order valence-electron chi connectivity index (χ2n) is 6.79. The molecule has 1 aromatic carbocycles. The molecule has 28 heavy (non-hydrogen) atoms. The first-order valence-electron chi connectivity index (χ1n) is 8.82. The highest BCUT2D eigenvalue weighted by molar-refractivity contribution is 5.98.